The third kappa shape index (κ3) is 2.18. The number of nitriles is 1. The Hall–Kier alpha value is -2.74. The molecule has 0 amide bonds. The smallest absolute Gasteiger partial charge is 0.176 e. The molecule has 2 aliphatic carbocycles. The molecule has 4 nitrogen and oxygen atoms in total. The van der Waals surface area contributed by atoms with Gasteiger partial charge in [-0.1, -0.05) is 32.1 Å². The Morgan fingerprint density at radius 2 is 2.19 bits per heavy atom. The van der Waals surface area contributed by atoms with Crippen molar-refractivity contribution in [2.24, 2.45) is 18.9 Å². The number of allylic oxidation sites excluding steroid dienone is 2. The number of Topliss-reactive ketones (excluding diaryl/α,β-unsaturated/α-hetero) is 1. The van der Waals surface area contributed by atoms with E-state index in [2.05, 4.69) is 13.0 Å². The van der Waals surface area contributed by atoms with Gasteiger partial charge in [0, 0.05) is 29.5 Å². The third-order valence-corrected chi connectivity index (χ3v) is 6.08. The van der Waals surface area contributed by atoms with Crippen LogP contribution in [-0.4, -0.2) is 15.6 Å². The average Bonchev–Trinajstić information content (AvgIpc) is 2.95. The molecule has 1 aromatic carbocycles. The number of hydrogen-bond acceptors (Lipinski definition) is 3. The molecule has 0 saturated carbocycles. The lowest BCUT2D eigenvalue weighted by molar-refractivity contribution is -0.121. The second-order valence-electron chi connectivity index (χ2n) is 7.56. The molecule has 26 heavy (non-hydrogen) atoms. The molecule has 0 bridgehead atoms. The van der Waals surface area contributed by atoms with E-state index < -0.39 is 5.41 Å². The Morgan fingerprint density at radius 3 is 2.88 bits per heavy atom. The maximum atomic E-state index is 13.7. The standard InChI is InChI=1S/C21H20FN3O/c1-12-17-8-7-16-18(13-5-4-6-15(22)9-13)25(3)24-20(16)21(17,2)10-14(11-23)19(12)26/h4-6,9-10,12,17H,7-8H2,1-3H3/t12-,17?,21-/m0/s1. The third-order valence-electron chi connectivity index (χ3n) is 6.08. The number of hydrogen-bond donors (Lipinski definition) is 0. The van der Waals surface area contributed by atoms with Crippen LogP contribution in [0.4, 0.5) is 4.39 Å². The van der Waals surface area contributed by atoms with E-state index in [1.54, 1.807) is 16.8 Å². The van der Waals surface area contributed by atoms with Crippen LogP contribution in [0.2, 0.25) is 0 Å². The van der Waals surface area contributed by atoms with Crippen LogP contribution in [0.25, 0.3) is 11.3 Å². The number of fused-ring (bicyclic) bond motifs is 3. The SMILES string of the molecule is C[C@@H]1C(=O)C(C#N)=C[C@]2(C)c3nn(C)c(-c4cccc(F)c4)c3CCC12. The van der Waals surface area contributed by atoms with Gasteiger partial charge in [-0.2, -0.15) is 10.4 Å². The summed E-state index contributed by atoms with van der Waals surface area (Å²) in [5.74, 6) is -0.428. The van der Waals surface area contributed by atoms with Gasteiger partial charge in [0.15, 0.2) is 5.78 Å². The molecule has 0 spiro atoms. The highest BCUT2D eigenvalue weighted by Crippen LogP contribution is 2.50. The van der Waals surface area contributed by atoms with E-state index in [1.807, 2.05) is 20.0 Å². The predicted molar refractivity (Wildman–Crippen MR) is 95.6 cm³/mol. The number of halogens is 1. The first kappa shape index (κ1) is 16.7. The second-order valence-corrected chi connectivity index (χ2v) is 7.56. The van der Waals surface area contributed by atoms with Crippen LogP contribution in [0, 0.1) is 29.0 Å². The summed E-state index contributed by atoms with van der Waals surface area (Å²) in [5.41, 5.74) is 3.47. The number of ketones is 1. The van der Waals surface area contributed by atoms with E-state index in [0.717, 1.165) is 35.4 Å². The number of rotatable bonds is 1. The van der Waals surface area contributed by atoms with Crippen LogP contribution in [-0.2, 0) is 23.7 Å². The highest BCUT2D eigenvalue weighted by atomic mass is 19.1. The van der Waals surface area contributed by atoms with Crippen molar-refractivity contribution in [3.05, 3.63) is 53.0 Å². The Kier molecular flexibility index (Phi) is 3.62. The van der Waals surface area contributed by atoms with Crippen molar-refractivity contribution in [3.8, 4) is 17.3 Å². The number of aryl methyl sites for hydroxylation is 1. The quantitative estimate of drug-likeness (QED) is 0.788. The van der Waals surface area contributed by atoms with Crippen LogP contribution in [0.1, 0.15) is 31.5 Å². The fourth-order valence-electron chi connectivity index (χ4n) is 4.84. The maximum Gasteiger partial charge on any atom is 0.176 e. The van der Waals surface area contributed by atoms with Crippen molar-refractivity contribution in [2.75, 3.05) is 0 Å². The summed E-state index contributed by atoms with van der Waals surface area (Å²) in [5, 5.41) is 14.2. The molecular formula is C21H20FN3O. The highest BCUT2D eigenvalue weighted by molar-refractivity contribution is 6.02. The molecule has 0 aliphatic heterocycles. The van der Waals surface area contributed by atoms with Gasteiger partial charge in [0.2, 0.25) is 0 Å². The van der Waals surface area contributed by atoms with Gasteiger partial charge in [-0.3, -0.25) is 9.48 Å². The van der Waals surface area contributed by atoms with Crippen LogP contribution in [0.5, 0.6) is 0 Å². The maximum absolute atomic E-state index is 13.7. The summed E-state index contributed by atoms with van der Waals surface area (Å²) in [4.78, 5) is 12.4. The summed E-state index contributed by atoms with van der Waals surface area (Å²) < 4.78 is 15.5. The van der Waals surface area contributed by atoms with E-state index in [1.165, 1.54) is 12.1 Å². The largest absolute Gasteiger partial charge is 0.293 e. The highest BCUT2D eigenvalue weighted by Gasteiger charge is 2.50. The van der Waals surface area contributed by atoms with Gasteiger partial charge >= 0.3 is 0 Å². The van der Waals surface area contributed by atoms with E-state index in [9.17, 15) is 14.4 Å². The zero-order valence-corrected chi connectivity index (χ0v) is 15.1. The number of carbonyl (C=O) groups excluding carboxylic acids is 1. The molecule has 0 saturated heterocycles. The topological polar surface area (TPSA) is 58.7 Å². The van der Waals surface area contributed by atoms with Crippen molar-refractivity contribution in [3.63, 3.8) is 0 Å². The molecule has 1 heterocycles. The fraction of sp³-hybridized carbons (Fsp3) is 0.381. The zero-order chi connectivity index (χ0) is 18.6. The molecule has 1 unspecified atom stereocenters. The Labute approximate surface area is 151 Å². The summed E-state index contributed by atoms with van der Waals surface area (Å²) in [6.07, 6.45) is 3.45. The molecular weight excluding hydrogens is 329 g/mol. The Balaban J connectivity index is 1.94. The van der Waals surface area contributed by atoms with Crippen molar-refractivity contribution in [1.29, 1.82) is 5.26 Å². The fourth-order valence-corrected chi connectivity index (χ4v) is 4.84. The minimum absolute atomic E-state index is 0.0697. The van der Waals surface area contributed by atoms with Crippen LogP contribution >= 0.6 is 0 Å². The summed E-state index contributed by atoms with van der Waals surface area (Å²) >= 11 is 0. The van der Waals surface area contributed by atoms with Gasteiger partial charge in [0.25, 0.3) is 0 Å². The van der Waals surface area contributed by atoms with Gasteiger partial charge in [-0.15, -0.1) is 0 Å². The summed E-state index contributed by atoms with van der Waals surface area (Å²) in [6, 6.07) is 8.60. The zero-order valence-electron chi connectivity index (χ0n) is 15.1. The molecule has 3 atom stereocenters. The van der Waals surface area contributed by atoms with Crippen LogP contribution < -0.4 is 0 Å². The van der Waals surface area contributed by atoms with E-state index in [0.29, 0.717) is 0 Å². The van der Waals surface area contributed by atoms with E-state index in [-0.39, 0.29) is 29.0 Å². The number of carbonyl (C=O) groups is 1. The minimum Gasteiger partial charge on any atom is -0.293 e. The molecule has 1 aromatic heterocycles. The van der Waals surface area contributed by atoms with Gasteiger partial charge in [-0.25, -0.2) is 4.39 Å². The first-order valence-corrected chi connectivity index (χ1v) is 8.86. The second kappa shape index (κ2) is 5.63. The van der Waals surface area contributed by atoms with Gasteiger partial charge < -0.3 is 0 Å². The van der Waals surface area contributed by atoms with Crippen LogP contribution in [0.3, 0.4) is 0 Å². The predicted octanol–water partition coefficient (Wildman–Crippen LogP) is 3.72. The monoisotopic (exact) mass is 349 g/mol. The molecule has 2 aliphatic rings. The van der Waals surface area contributed by atoms with Gasteiger partial charge in [0.1, 0.15) is 11.9 Å². The van der Waals surface area contributed by atoms with Crippen molar-refractivity contribution in [2.45, 2.75) is 32.1 Å². The Morgan fingerprint density at radius 1 is 1.42 bits per heavy atom. The molecule has 132 valence electrons. The lowest BCUT2D eigenvalue weighted by Crippen LogP contribution is -2.45. The summed E-state index contributed by atoms with van der Waals surface area (Å²) in [7, 11) is 1.86. The number of nitrogens with zero attached hydrogens (tertiary/aromatic N) is 3. The molecule has 0 fully saturated rings. The van der Waals surface area contributed by atoms with Gasteiger partial charge in [-0.05, 0) is 30.9 Å². The minimum atomic E-state index is -0.463. The normalized spacial score (nSPS) is 27.3. The van der Waals surface area contributed by atoms with Crippen molar-refractivity contribution in [1.82, 2.24) is 9.78 Å². The molecule has 2 aromatic rings. The van der Waals surface area contributed by atoms with E-state index >= 15 is 0 Å². The van der Waals surface area contributed by atoms with Crippen LogP contribution in [0.15, 0.2) is 35.9 Å². The first-order chi connectivity index (χ1) is 12.4. The van der Waals surface area contributed by atoms with Gasteiger partial charge in [0.05, 0.1) is 17.0 Å². The molecule has 4 rings (SSSR count). The molecule has 5 heteroatoms. The number of aromatic nitrogens is 2. The lowest BCUT2D eigenvalue weighted by atomic mass is 9.58. The van der Waals surface area contributed by atoms with E-state index in [4.69, 9.17) is 5.10 Å². The Bertz CT molecular complexity index is 997. The first-order valence-electron chi connectivity index (χ1n) is 8.86. The molecule has 0 radical (unpaired) electrons. The lowest BCUT2D eigenvalue weighted by Gasteiger charge is -2.44. The van der Waals surface area contributed by atoms with Crippen molar-refractivity contribution < 1.29 is 9.18 Å². The summed E-state index contributed by atoms with van der Waals surface area (Å²) in [6.45, 7) is 3.98. The number of benzene rings is 1. The average molecular weight is 349 g/mol. The molecule has 0 N–H and O–H groups in total. The van der Waals surface area contributed by atoms with Crippen molar-refractivity contribution >= 4 is 5.78 Å².